The summed E-state index contributed by atoms with van der Waals surface area (Å²) in [7, 11) is 1.60. The van der Waals surface area contributed by atoms with E-state index in [0.29, 0.717) is 11.3 Å². The third-order valence-electron chi connectivity index (χ3n) is 2.38. The van der Waals surface area contributed by atoms with E-state index in [9.17, 15) is 0 Å². The van der Waals surface area contributed by atoms with Crippen LogP contribution in [0.25, 0.3) is 11.1 Å². The van der Waals surface area contributed by atoms with Gasteiger partial charge < -0.3 is 4.74 Å². The molecule has 0 bridgehead atoms. The van der Waals surface area contributed by atoms with Gasteiger partial charge in [-0.25, -0.2) is 0 Å². The van der Waals surface area contributed by atoms with E-state index >= 15 is 0 Å². The molecule has 0 heterocycles. The molecule has 0 aromatic heterocycles. The zero-order valence-corrected chi connectivity index (χ0v) is 8.97. The fourth-order valence-electron chi connectivity index (χ4n) is 1.58. The lowest BCUT2D eigenvalue weighted by Gasteiger charge is -2.05. The Morgan fingerprint density at radius 2 is 1.75 bits per heavy atom. The van der Waals surface area contributed by atoms with Gasteiger partial charge in [-0.3, -0.25) is 0 Å². The molecular formula is C14H11NO. The Kier molecular flexibility index (Phi) is 2.88. The highest BCUT2D eigenvalue weighted by Crippen LogP contribution is 2.25. The zero-order chi connectivity index (χ0) is 11.4. The van der Waals surface area contributed by atoms with Crippen LogP contribution in [0, 0.1) is 11.3 Å². The number of rotatable bonds is 2. The molecule has 2 aromatic carbocycles. The second-order valence-corrected chi connectivity index (χ2v) is 3.43. The predicted molar refractivity (Wildman–Crippen MR) is 63.1 cm³/mol. The van der Waals surface area contributed by atoms with Gasteiger partial charge in [0.15, 0.2) is 0 Å². The van der Waals surface area contributed by atoms with E-state index in [-0.39, 0.29) is 0 Å². The highest BCUT2D eigenvalue weighted by molar-refractivity contribution is 5.67. The topological polar surface area (TPSA) is 33.0 Å². The smallest absolute Gasteiger partial charge is 0.120 e. The quantitative estimate of drug-likeness (QED) is 0.760. The van der Waals surface area contributed by atoms with E-state index in [1.54, 1.807) is 13.2 Å². The third kappa shape index (κ3) is 2.04. The van der Waals surface area contributed by atoms with Gasteiger partial charge in [0.05, 0.1) is 18.7 Å². The average molecular weight is 209 g/mol. The minimum absolute atomic E-state index is 0.609. The number of ether oxygens (including phenoxy) is 1. The van der Waals surface area contributed by atoms with Crippen molar-refractivity contribution in [1.29, 1.82) is 5.26 Å². The Balaban J connectivity index is 2.54. The zero-order valence-electron chi connectivity index (χ0n) is 8.97. The van der Waals surface area contributed by atoms with E-state index in [0.717, 1.165) is 11.1 Å². The van der Waals surface area contributed by atoms with Gasteiger partial charge in [-0.15, -0.1) is 0 Å². The minimum Gasteiger partial charge on any atom is -0.497 e. The Morgan fingerprint density at radius 3 is 2.38 bits per heavy atom. The van der Waals surface area contributed by atoms with E-state index < -0.39 is 0 Å². The summed E-state index contributed by atoms with van der Waals surface area (Å²) in [5, 5.41) is 8.92. The van der Waals surface area contributed by atoms with Crippen molar-refractivity contribution in [3.05, 3.63) is 54.1 Å². The minimum atomic E-state index is 0.609. The van der Waals surface area contributed by atoms with Crippen molar-refractivity contribution < 1.29 is 4.74 Å². The molecule has 0 atom stereocenters. The molecule has 0 N–H and O–H groups in total. The van der Waals surface area contributed by atoms with E-state index in [2.05, 4.69) is 6.07 Å². The van der Waals surface area contributed by atoms with E-state index in [1.165, 1.54) is 0 Å². The fourth-order valence-corrected chi connectivity index (χ4v) is 1.58. The normalized spacial score (nSPS) is 9.50. The molecule has 0 unspecified atom stereocenters. The Hall–Kier alpha value is -2.27. The molecule has 0 aliphatic heterocycles. The monoisotopic (exact) mass is 209 g/mol. The van der Waals surface area contributed by atoms with Gasteiger partial charge in [-0.2, -0.15) is 5.26 Å². The molecule has 0 saturated carbocycles. The van der Waals surface area contributed by atoms with Crippen LogP contribution in [0.1, 0.15) is 5.56 Å². The third-order valence-corrected chi connectivity index (χ3v) is 2.38. The summed E-state index contributed by atoms with van der Waals surface area (Å²) in [5.74, 6) is 0.706. The summed E-state index contributed by atoms with van der Waals surface area (Å²) < 4.78 is 5.17. The van der Waals surface area contributed by atoms with Crippen molar-refractivity contribution in [2.75, 3.05) is 7.11 Å². The molecule has 2 nitrogen and oxygen atoms in total. The molecule has 16 heavy (non-hydrogen) atoms. The first-order valence-electron chi connectivity index (χ1n) is 4.98. The van der Waals surface area contributed by atoms with Crippen molar-refractivity contribution in [3.63, 3.8) is 0 Å². The second-order valence-electron chi connectivity index (χ2n) is 3.43. The van der Waals surface area contributed by atoms with Gasteiger partial charge in [0, 0.05) is 0 Å². The molecule has 0 fully saturated rings. The summed E-state index contributed by atoms with van der Waals surface area (Å²) in [4.78, 5) is 0. The van der Waals surface area contributed by atoms with Crippen molar-refractivity contribution in [2.45, 2.75) is 0 Å². The van der Waals surface area contributed by atoms with Crippen LogP contribution in [0.15, 0.2) is 48.5 Å². The lowest BCUT2D eigenvalue weighted by atomic mass is 10.0. The van der Waals surface area contributed by atoms with Gasteiger partial charge >= 0.3 is 0 Å². The first-order chi connectivity index (χ1) is 7.83. The van der Waals surface area contributed by atoms with Crippen LogP contribution in [-0.4, -0.2) is 7.11 Å². The Morgan fingerprint density at radius 1 is 1.00 bits per heavy atom. The van der Waals surface area contributed by atoms with E-state index in [4.69, 9.17) is 10.00 Å². The second kappa shape index (κ2) is 4.50. The summed E-state index contributed by atoms with van der Waals surface area (Å²) in [5.41, 5.74) is 2.69. The van der Waals surface area contributed by atoms with Crippen LogP contribution in [0.5, 0.6) is 5.75 Å². The molecule has 0 amide bonds. The largest absolute Gasteiger partial charge is 0.497 e. The maximum absolute atomic E-state index is 8.92. The van der Waals surface area contributed by atoms with E-state index in [1.807, 2.05) is 42.5 Å². The van der Waals surface area contributed by atoms with Crippen LogP contribution in [0.4, 0.5) is 0 Å². The maximum Gasteiger partial charge on any atom is 0.120 e. The highest BCUT2D eigenvalue weighted by atomic mass is 16.5. The maximum atomic E-state index is 8.92. The summed E-state index contributed by atoms with van der Waals surface area (Å²) in [6.07, 6.45) is 0. The van der Waals surface area contributed by atoms with Crippen LogP contribution in [0.2, 0.25) is 0 Å². The van der Waals surface area contributed by atoms with Crippen molar-refractivity contribution in [1.82, 2.24) is 0 Å². The molecule has 0 saturated heterocycles. The lowest BCUT2D eigenvalue weighted by Crippen LogP contribution is -1.86. The van der Waals surface area contributed by atoms with Gasteiger partial charge in [0.25, 0.3) is 0 Å². The lowest BCUT2D eigenvalue weighted by molar-refractivity contribution is 0.415. The molecular weight excluding hydrogens is 198 g/mol. The van der Waals surface area contributed by atoms with Crippen LogP contribution >= 0.6 is 0 Å². The standard InChI is InChI=1S/C14H11NO/c1-16-14-8-11(10-15)7-13(9-14)12-5-3-2-4-6-12/h2-9H,1H3. The van der Waals surface area contributed by atoms with Gasteiger partial charge in [0.1, 0.15) is 5.75 Å². The molecule has 2 heteroatoms. The van der Waals surface area contributed by atoms with Crippen molar-refractivity contribution >= 4 is 0 Å². The number of nitrogens with zero attached hydrogens (tertiary/aromatic N) is 1. The summed E-state index contributed by atoms with van der Waals surface area (Å²) >= 11 is 0. The highest BCUT2D eigenvalue weighted by Gasteiger charge is 2.02. The van der Waals surface area contributed by atoms with Crippen molar-refractivity contribution in [3.8, 4) is 22.9 Å². The molecule has 0 spiro atoms. The van der Waals surface area contributed by atoms with Crippen LogP contribution in [0.3, 0.4) is 0 Å². The first kappa shape index (κ1) is 10.3. The molecule has 2 rings (SSSR count). The number of benzene rings is 2. The SMILES string of the molecule is COc1cc(C#N)cc(-c2ccccc2)c1. The number of methoxy groups -OCH3 is 1. The van der Waals surface area contributed by atoms with Gasteiger partial charge in [-0.05, 0) is 29.3 Å². The molecule has 2 aromatic rings. The number of hydrogen-bond donors (Lipinski definition) is 0. The number of nitriles is 1. The molecule has 0 aliphatic carbocycles. The molecule has 0 radical (unpaired) electrons. The van der Waals surface area contributed by atoms with Gasteiger partial charge in [0.2, 0.25) is 0 Å². The van der Waals surface area contributed by atoms with Gasteiger partial charge in [-0.1, -0.05) is 30.3 Å². The summed E-state index contributed by atoms with van der Waals surface area (Å²) in [6.45, 7) is 0. The average Bonchev–Trinajstić information content (AvgIpc) is 2.39. The molecule has 0 aliphatic rings. The Bertz CT molecular complexity index is 526. The fraction of sp³-hybridized carbons (Fsp3) is 0.0714. The predicted octanol–water partition coefficient (Wildman–Crippen LogP) is 3.23. The van der Waals surface area contributed by atoms with Crippen LogP contribution in [-0.2, 0) is 0 Å². The van der Waals surface area contributed by atoms with Crippen LogP contribution < -0.4 is 4.74 Å². The van der Waals surface area contributed by atoms with Crippen molar-refractivity contribution in [2.24, 2.45) is 0 Å². The Labute approximate surface area is 94.7 Å². The first-order valence-corrected chi connectivity index (χ1v) is 4.98. The summed E-state index contributed by atoms with van der Waals surface area (Å²) in [6, 6.07) is 17.6. The molecule has 78 valence electrons. The number of hydrogen-bond acceptors (Lipinski definition) is 2.